The lowest BCUT2D eigenvalue weighted by atomic mass is 9.97. The summed E-state index contributed by atoms with van der Waals surface area (Å²) in [6.45, 7) is 1.64. The SMILES string of the molecule is CCC(C[N+](=O)[O-])c1c(N)nc(N)nc1NC. The van der Waals surface area contributed by atoms with Gasteiger partial charge in [0.1, 0.15) is 11.6 Å². The average molecular weight is 240 g/mol. The monoisotopic (exact) mass is 240 g/mol. The molecule has 94 valence electrons. The number of nitrogens with one attached hydrogen (secondary N) is 1. The lowest BCUT2D eigenvalue weighted by Gasteiger charge is -2.16. The molecule has 0 aliphatic rings. The molecule has 0 fully saturated rings. The van der Waals surface area contributed by atoms with Crippen LogP contribution in [0.4, 0.5) is 17.6 Å². The van der Waals surface area contributed by atoms with E-state index in [1.165, 1.54) is 0 Å². The largest absolute Gasteiger partial charge is 0.383 e. The fourth-order valence-corrected chi connectivity index (χ4v) is 1.70. The number of hydrogen-bond donors (Lipinski definition) is 3. The molecule has 0 bridgehead atoms. The summed E-state index contributed by atoms with van der Waals surface area (Å²) in [5.41, 5.74) is 11.8. The van der Waals surface area contributed by atoms with Gasteiger partial charge in [0, 0.05) is 17.5 Å². The van der Waals surface area contributed by atoms with Crippen molar-refractivity contribution in [1.29, 1.82) is 0 Å². The van der Waals surface area contributed by atoms with Crippen molar-refractivity contribution in [1.82, 2.24) is 9.97 Å². The van der Waals surface area contributed by atoms with E-state index in [4.69, 9.17) is 11.5 Å². The normalized spacial score (nSPS) is 12.1. The molecule has 0 saturated heterocycles. The van der Waals surface area contributed by atoms with Crippen molar-refractivity contribution in [2.24, 2.45) is 0 Å². The van der Waals surface area contributed by atoms with Crippen LogP contribution in [0, 0.1) is 10.1 Å². The second-order valence-corrected chi connectivity index (χ2v) is 3.60. The number of rotatable bonds is 5. The molecular weight excluding hydrogens is 224 g/mol. The summed E-state index contributed by atoms with van der Waals surface area (Å²) in [4.78, 5) is 18.0. The maximum atomic E-state index is 10.6. The summed E-state index contributed by atoms with van der Waals surface area (Å²) in [5.74, 6) is 0.360. The van der Waals surface area contributed by atoms with Crippen molar-refractivity contribution >= 4 is 17.6 Å². The van der Waals surface area contributed by atoms with Crippen LogP contribution >= 0.6 is 0 Å². The smallest absolute Gasteiger partial charge is 0.223 e. The molecule has 0 aliphatic carbocycles. The fourth-order valence-electron chi connectivity index (χ4n) is 1.70. The van der Waals surface area contributed by atoms with Crippen molar-refractivity contribution in [2.75, 3.05) is 30.4 Å². The third kappa shape index (κ3) is 2.92. The summed E-state index contributed by atoms with van der Waals surface area (Å²) in [6, 6.07) is 0. The molecule has 1 unspecified atom stereocenters. The van der Waals surface area contributed by atoms with E-state index in [1.54, 1.807) is 7.05 Å². The number of anilines is 3. The van der Waals surface area contributed by atoms with Gasteiger partial charge in [0.2, 0.25) is 12.5 Å². The molecule has 0 aromatic carbocycles. The summed E-state index contributed by atoms with van der Waals surface area (Å²) in [7, 11) is 1.66. The van der Waals surface area contributed by atoms with Crippen LogP contribution in [0.3, 0.4) is 0 Å². The molecule has 1 aromatic rings. The van der Waals surface area contributed by atoms with Gasteiger partial charge in [0.15, 0.2) is 0 Å². The highest BCUT2D eigenvalue weighted by Gasteiger charge is 2.23. The second-order valence-electron chi connectivity index (χ2n) is 3.60. The van der Waals surface area contributed by atoms with Gasteiger partial charge in [-0.2, -0.15) is 9.97 Å². The Morgan fingerprint density at radius 2 is 2.12 bits per heavy atom. The molecule has 1 aromatic heterocycles. The first-order chi connectivity index (χ1) is 7.99. The van der Waals surface area contributed by atoms with E-state index in [0.717, 1.165) is 0 Å². The highest BCUT2D eigenvalue weighted by atomic mass is 16.6. The second kappa shape index (κ2) is 5.28. The minimum absolute atomic E-state index is 0.0477. The predicted octanol–water partition coefficient (Wildman–Crippen LogP) is 0.453. The molecular formula is C9H16N6O2. The Morgan fingerprint density at radius 1 is 1.47 bits per heavy atom. The van der Waals surface area contributed by atoms with E-state index < -0.39 is 0 Å². The van der Waals surface area contributed by atoms with Crippen molar-refractivity contribution in [3.63, 3.8) is 0 Å². The molecule has 1 heterocycles. The minimum Gasteiger partial charge on any atom is -0.383 e. The lowest BCUT2D eigenvalue weighted by Crippen LogP contribution is -2.17. The number of nitrogen functional groups attached to an aromatic ring is 2. The first kappa shape index (κ1) is 12.9. The summed E-state index contributed by atoms with van der Waals surface area (Å²) < 4.78 is 0. The number of nitro groups is 1. The van der Waals surface area contributed by atoms with E-state index in [0.29, 0.717) is 17.8 Å². The number of aromatic nitrogens is 2. The summed E-state index contributed by atoms with van der Waals surface area (Å²) in [5, 5.41) is 13.4. The molecule has 5 N–H and O–H groups in total. The van der Waals surface area contributed by atoms with Gasteiger partial charge in [-0.1, -0.05) is 6.92 Å². The van der Waals surface area contributed by atoms with Crippen LogP contribution in [-0.2, 0) is 0 Å². The topological polar surface area (TPSA) is 133 Å². The summed E-state index contributed by atoms with van der Waals surface area (Å²) in [6.07, 6.45) is 0.577. The number of nitrogens with zero attached hydrogens (tertiary/aromatic N) is 3. The third-order valence-electron chi connectivity index (χ3n) is 2.50. The molecule has 8 nitrogen and oxygen atoms in total. The highest BCUT2D eigenvalue weighted by Crippen LogP contribution is 2.30. The predicted molar refractivity (Wildman–Crippen MR) is 65.3 cm³/mol. The van der Waals surface area contributed by atoms with Gasteiger partial charge in [-0.05, 0) is 6.42 Å². The van der Waals surface area contributed by atoms with Crippen molar-refractivity contribution in [3.8, 4) is 0 Å². The van der Waals surface area contributed by atoms with Crippen LogP contribution in [0.2, 0.25) is 0 Å². The highest BCUT2D eigenvalue weighted by molar-refractivity contribution is 5.59. The van der Waals surface area contributed by atoms with Gasteiger partial charge in [-0.3, -0.25) is 10.1 Å². The van der Waals surface area contributed by atoms with E-state index in [1.807, 2.05) is 6.92 Å². The van der Waals surface area contributed by atoms with Crippen LogP contribution in [-0.4, -0.2) is 28.5 Å². The Hall–Kier alpha value is -2.12. The maximum Gasteiger partial charge on any atom is 0.223 e. The van der Waals surface area contributed by atoms with Crippen LogP contribution in [0.15, 0.2) is 0 Å². The Labute approximate surface area is 98.6 Å². The maximum absolute atomic E-state index is 10.6. The van der Waals surface area contributed by atoms with Gasteiger partial charge < -0.3 is 16.8 Å². The Balaban J connectivity index is 3.21. The zero-order valence-electron chi connectivity index (χ0n) is 9.80. The molecule has 0 spiro atoms. The lowest BCUT2D eigenvalue weighted by molar-refractivity contribution is -0.483. The molecule has 0 aliphatic heterocycles. The molecule has 0 radical (unpaired) electrons. The number of hydrogen-bond acceptors (Lipinski definition) is 7. The molecule has 17 heavy (non-hydrogen) atoms. The fraction of sp³-hybridized carbons (Fsp3) is 0.556. The van der Waals surface area contributed by atoms with E-state index in [9.17, 15) is 10.1 Å². The van der Waals surface area contributed by atoms with E-state index in [2.05, 4.69) is 15.3 Å². The first-order valence-corrected chi connectivity index (χ1v) is 5.22. The molecule has 1 atom stereocenters. The van der Waals surface area contributed by atoms with Gasteiger partial charge in [0.05, 0.1) is 5.92 Å². The van der Waals surface area contributed by atoms with Crippen LogP contribution < -0.4 is 16.8 Å². The Morgan fingerprint density at radius 3 is 2.59 bits per heavy atom. The van der Waals surface area contributed by atoms with Gasteiger partial charge in [-0.25, -0.2) is 0 Å². The van der Waals surface area contributed by atoms with Crippen molar-refractivity contribution < 1.29 is 4.92 Å². The quantitative estimate of drug-likeness (QED) is 0.502. The molecule has 0 amide bonds. The van der Waals surface area contributed by atoms with Crippen molar-refractivity contribution in [2.45, 2.75) is 19.3 Å². The molecule has 0 saturated carbocycles. The first-order valence-electron chi connectivity index (χ1n) is 5.22. The number of nitrogens with two attached hydrogens (primary N) is 2. The standard InChI is InChI=1S/C9H16N6O2/c1-3-5(4-15(16)17)6-7(10)13-9(11)14-8(6)12-2/h5H,3-4H2,1-2H3,(H5,10,11,12,13,14). The van der Waals surface area contributed by atoms with Gasteiger partial charge in [-0.15, -0.1) is 0 Å². The third-order valence-corrected chi connectivity index (χ3v) is 2.50. The molecule has 1 rings (SSSR count). The van der Waals surface area contributed by atoms with Gasteiger partial charge in [0.25, 0.3) is 0 Å². The molecule has 8 heteroatoms. The van der Waals surface area contributed by atoms with E-state index in [-0.39, 0.29) is 29.2 Å². The zero-order chi connectivity index (χ0) is 13.0. The minimum atomic E-state index is -0.372. The Bertz CT molecular complexity index is 422. The Kier molecular flexibility index (Phi) is 4.02. The van der Waals surface area contributed by atoms with Crippen LogP contribution in [0.1, 0.15) is 24.8 Å². The van der Waals surface area contributed by atoms with E-state index >= 15 is 0 Å². The van der Waals surface area contributed by atoms with Crippen LogP contribution in [0.25, 0.3) is 0 Å². The van der Waals surface area contributed by atoms with Gasteiger partial charge >= 0.3 is 0 Å². The zero-order valence-corrected chi connectivity index (χ0v) is 9.80. The average Bonchev–Trinajstić information content (AvgIpc) is 2.25. The summed E-state index contributed by atoms with van der Waals surface area (Å²) >= 11 is 0. The van der Waals surface area contributed by atoms with Crippen LogP contribution in [0.5, 0.6) is 0 Å². The van der Waals surface area contributed by atoms with Crippen molar-refractivity contribution in [3.05, 3.63) is 15.7 Å².